The van der Waals surface area contributed by atoms with Gasteiger partial charge in [0.2, 0.25) is 11.8 Å². The van der Waals surface area contributed by atoms with Gasteiger partial charge in [-0.2, -0.15) is 46.5 Å². The SMILES string of the molecule is Cc1cc(Oc2cc(C(F)(F)F)nn2C)c2nc(SSc3nc4c(Oc5cc(C(F)(F)F)nn5C)cc(C)cc4o3)oc2c1. The van der Waals surface area contributed by atoms with Crippen LogP contribution in [-0.2, 0) is 26.4 Å². The Balaban J connectivity index is 1.24. The molecule has 0 unspecified atom stereocenters. The fraction of sp³-hybridized carbons (Fsp3) is 0.231. The van der Waals surface area contributed by atoms with Gasteiger partial charge in [-0.1, -0.05) is 0 Å². The zero-order valence-corrected chi connectivity index (χ0v) is 24.5. The van der Waals surface area contributed by atoms with Gasteiger partial charge in [-0.3, -0.25) is 0 Å². The molecule has 0 bridgehead atoms. The van der Waals surface area contributed by atoms with E-state index in [0.29, 0.717) is 22.3 Å². The van der Waals surface area contributed by atoms with Crippen LogP contribution < -0.4 is 9.47 Å². The van der Waals surface area contributed by atoms with Crippen molar-refractivity contribution in [1.29, 1.82) is 0 Å². The number of aryl methyl sites for hydroxylation is 4. The Morgan fingerprint density at radius 2 is 1.02 bits per heavy atom. The van der Waals surface area contributed by atoms with E-state index in [0.717, 1.165) is 43.1 Å². The maximum Gasteiger partial charge on any atom is 0.435 e. The van der Waals surface area contributed by atoms with Crippen LogP contribution in [0.3, 0.4) is 0 Å². The van der Waals surface area contributed by atoms with Crippen LogP contribution >= 0.6 is 21.6 Å². The Kier molecular flexibility index (Phi) is 7.22. The third kappa shape index (κ3) is 5.90. The summed E-state index contributed by atoms with van der Waals surface area (Å²) in [5.74, 6) is 0.0493. The molecular weight excluding hydrogens is 638 g/mol. The monoisotopic (exact) mass is 656 g/mol. The lowest BCUT2D eigenvalue weighted by atomic mass is 10.2. The molecule has 0 radical (unpaired) electrons. The van der Waals surface area contributed by atoms with Crippen molar-refractivity contribution in [2.75, 3.05) is 0 Å². The maximum absolute atomic E-state index is 13.1. The van der Waals surface area contributed by atoms with Crippen LogP contribution in [0.2, 0.25) is 0 Å². The number of halogens is 6. The number of alkyl halides is 6. The number of nitrogens with zero attached hydrogens (tertiary/aromatic N) is 6. The number of oxazole rings is 2. The lowest BCUT2D eigenvalue weighted by Crippen LogP contribution is -2.06. The van der Waals surface area contributed by atoms with Gasteiger partial charge in [-0.05, 0) is 49.2 Å². The first-order valence-corrected chi connectivity index (χ1v) is 14.5. The quantitative estimate of drug-likeness (QED) is 0.123. The van der Waals surface area contributed by atoms with Crippen molar-refractivity contribution in [2.24, 2.45) is 14.1 Å². The number of benzene rings is 2. The molecule has 0 aliphatic carbocycles. The van der Waals surface area contributed by atoms with Gasteiger partial charge < -0.3 is 18.3 Å². The summed E-state index contributed by atoms with van der Waals surface area (Å²) >= 11 is 0. The molecule has 0 atom stereocenters. The van der Waals surface area contributed by atoms with E-state index in [2.05, 4.69) is 20.2 Å². The summed E-state index contributed by atoms with van der Waals surface area (Å²) in [4.78, 5) is 8.85. The van der Waals surface area contributed by atoms with Crippen LogP contribution in [0.5, 0.6) is 23.3 Å². The molecule has 0 aliphatic heterocycles. The highest BCUT2D eigenvalue weighted by molar-refractivity contribution is 8.76. The van der Waals surface area contributed by atoms with Crippen molar-refractivity contribution in [2.45, 2.75) is 36.6 Å². The Bertz CT molecular complexity index is 1880. The first-order valence-electron chi connectivity index (χ1n) is 12.4. The maximum atomic E-state index is 13.1. The van der Waals surface area contributed by atoms with Gasteiger partial charge in [0.25, 0.3) is 10.4 Å². The molecule has 0 N–H and O–H groups in total. The molecule has 0 amide bonds. The normalized spacial score (nSPS) is 12.5. The fourth-order valence-corrected chi connectivity index (χ4v) is 5.61. The lowest BCUT2D eigenvalue weighted by molar-refractivity contribution is -0.142. The molecule has 18 heteroatoms. The molecule has 0 aliphatic rings. The molecule has 0 spiro atoms. The van der Waals surface area contributed by atoms with Crippen LogP contribution in [0.4, 0.5) is 26.3 Å². The summed E-state index contributed by atoms with van der Waals surface area (Å²) < 4.78 is 104. The second-order valence-corrected chi connectivity index (χ2v) is 11.6. The zero-order chi connectivity index (χ0) is 31.6. The number of hydrogen-bond donors (Lipinski definition) is 0. The van der Waals surface area contributed by atoms with Gasteiger partial charge in [0.15, 0.2) is 45.1 Å². The van der Waals surface area contributed by atoms with E-state index in [4.69, 9.17) is 18.3 Å². The molecule has 4 heterocycles. The molecule has 0 fully saturated rings. The number of hydrogen-bond acceptors (Lipinski definition) is 10. The molecule has 4 aromatic heterocycles. The molecule has 0 saturated heterocycles. The Labute approximate surface area is 250 Å². The van der Waals surface area contributed by atoms with E-state index in [9.17, 15) is 26.3 Å². The van der Waals surface area contributed by atoms with Gasteiger partial charge in [-0.25, -0.2) is 9.36 Å². The van der Waals surface area contributed by atoms with Gasteiger partial charge in [0, 0.05) is 47.8 Å². The molecule has 44 heavy (non-hydrogen) atoms. The molecule has 6 rings (SSSR count). The molecule has 10 nitrogen and oxygen atoms in total. The number of aromatic nitrogens is 6. The predicted molar refractivity (Wildman–Crippen MR) is 146 cm³/mol. The van der Waals surface area contributed by atoms with E-state index >= 15 is 0 Å². The molecule has 230 valence electrons. The highest BCUT2D eigenvalue weighted by atomic mass is 33.1. The number of fused-ring (bicyclic) bond motifs is 2. The van der Waals surface area contributed by atoms with Gasteiger partial charge in [0.1, 0.15) is 0 Å². The Hall–Kier alpha value is -4.32. The average Bonchev–Trinajstić information content (AvgIpc) is 3.68. The summed E-state index contributed by atoms with van der Waals surface area (Å²) in [6.07, 6.45) is -9.27. The summed E-state index contributed by atoms with van der Waals surface area (Å²) in [7, 11) is 4.75. The summed E-state index contributed by atoms with van der Waals surface area (Å²) in [6, 6.07) is 8.19. The average molecular weight is 657 g/mol. The fourth-order valence-electron chi connectivity index (χ4n) is 4.11. The summed E-state index contributed by atoms with van der Waals surface area (Å²) in [5.41, 5.74) is 0.436. The first kappa shape index (κ1) is 29.7. The van der Waals surface area contributed by atoms with E-state index in [1.165, 1.54) is 14.1 Å². The minimum absolute atomic E-state index is 0.142. The Morgan fingerprint density at radius 1 is 0.636 bits per heavy atom. The number of ether oxygens (including phenoxy) is 2. The second-order valence-electron chi connectivity index (χ2n) is 9.53. The second kappa shape index (κ2) is 10.7. The third-order valence-corrected chi connectivity index (χ3v) is 7.86. The third-order valence-electron chi connectivity index (χ3n) is 6.04. The molecular formula is C26H18F6N6O4S2. The summed E-state index contributed by atoms with van der Waals surface area (Å²) in [6.45, 7) is 3.52. The van der Waals surface area contributed by atoms with Crippen LogP contribution in [0, 0.1) is 13.8 Å². The molecule has 6 aromatic rings. The van der Waals surface area contributed by atoms with Crippen LogP contribution in [-0.4, -0.2) is 29.5 Å². The minimum Gasteiger partial charge on any atom is -0.437 e. The van der Waals surface area contributed by atoms with Gasteiger partial charge in [-0.15, -0.1) is 0 Å². The van der Waals surface area contributed by atoms with Gasteiger partial charge in [0.05, 0.1) is 0 Å². The van der Waals surface area contributed by atoms with Crippen molar-refractivity contribution in [1.82, 2.24) is 29.5 Å². The smallest absolute Gasteiger partial charge is 0.435 e. The standard InChI is InChI=1S/C26H18F6N6O4S2/c1-11-5-13(39-19-9-17(25(27,28)29)35-37(19)3)21-15(7-11)41-23(33-21)43-44-24-34-22-14(6-12(2)8-16(22)42-24)40-20-10-18(26(30,31)32)36-38(20)4/h5-10H,1-4H3. The van der Waals surface area contributed by atoms with E-state index in [1.807, 2.05) is 0 Å². The number of rotatable bonds is 7. The van der Waals surface area contributed by atoms with E-state index in [1.54, 1.807) is 38.1 Å². The van der Waals surface area contributed by atoms with Gasteiger partial charge >= 0.3 is 12.4 Å². The topological polar surface area (TPSA) is 106 Å². The van der Waals surface area contributed by atoms with E-state index < -0.39 is 23.7 Å². The largest absolute Gasteiger partial charge is 0.437 e. The highest BCUT2D eigenvalue weighted by Gasteiger charge is 2.36. The van der Waals surface area contributed by atoms with Crippen LogP contribution in [0.1, 0.15) is 22.5 Å². The zero-order valence-electron chi connectivity index (χ0n) is 22.9. The Morgan fingerprint density at radius 3 is 1.36 bits per heavy atom. The minimum atomic E-state index is -4.64. The van der Waals surface area contributed by atoms with Crippen molar-refractivity contribution in [3.05, 3.63) is 58.9 Å². The van der Waals surface area contributed by atoms with Crippen molar-refractivity contribution in [3.63, 3.8) is 0 Å². The van der Waals surface area contributed by atoms with Crippen LogP contribution in [0.25, 0.3) is 22.2 Å². The van der Waals surface area contributed by atoms with Crippen molar-refractivity contribution >= 4 is 43.8 Å². The van der Waals surface area contributed by atoms with Crippen molar-refractivity contribution < 1.29 is 44.7 Å². The highest BCUT2D eigenvalue weighted by Crippen LogP contribution is 2.43. The summed E-state index contributed by atoms with van der Waals surface area (Å²) in [5, 5.41) is 7.26. The van der Waals surface area contributed by atoms with Crippen molar-refractivity contribution in [3.8, 4) is 23.3 Å². The first-order chi connectivity index (χ1) is 20.6. The molecule has 2 aromatic carbocycles. The molecule has 0 saturated carbocycles. The lowest BCUT2D eigenvalue weighted by Gasteiger charge is -2.06. The van der Waals surface area contributed by atoms with E-state index in [-0.39, 0.29) is 44.7 Å². The van der Waals surface area contributed by atoms with Crippen LogP contribution in [0.15, 0.2) is 55.7 Å². The predicted octanol–water partition coefficient (Wildman–Crippen LogP) is 8.47.